The topological polar surface area (TPSA) is 73.1 Å². The highest BCUT2D eigenvalue weighted by Crippen LogP contribution is 2.07. The van der Waals surface area contributed by atoms with Crippen LogP contribution in [0.1, 0.15) is 21.8 Å². The zero-order chi connectivity index (χ0) is 15.8. The fourth-order valence-corrected chi connectivity index (χ4v) is 2.58. The normalized spacial score (nSPS) is 11.0. The number of aromatic nitrogens is 1. The molecular formula is C16H19N5S. The minimum Gasteiger partial charge on any atom is -0.356 e. The van der Waals surface area contributed by atoms with E-state index in [1.807, 2.05) is 31.2 Å². The maximum atomic E-state index is 8.78. The lowest BCUT2D eigenvalue weighted by atomic mass is 10.1. The third kappa shape index (κ3) is 4.86. The van der Waals surface area contributed by atoms with Gasteiger partial charge in [0.05, 0.1) is 22.3 Å². The number of guanidine groups is 1. The van der Waals surface area contributed by atoms with E-state index in [0.29, 0.717) is 12.1 Å². The fourth-order valence-electron chi connectivity index (χ4n) is 1.94. The number of hydrogen-bond acceptors (Lipinski definition) is 4. The minimum atomic E-state index is 0.668. The van der Waals surface area contributed by atoms with Crippen LogP contribution in [0.5, 0.6) is 0 Å². The van der Waals surface area contributed by atoms with Crippen LogP contribution >= 0.6 is 11.3 Å². The third-order valence-corrected chi connectivity index (χ3v) is 3.93. The van der Waals surface area contributed by atoms with Gasteiger partial charge in [0.1, 0.15) is 0 Å². The van der Waals surface area contributed by atoms with Gasteiger partial charge < -0.3 is 10.6 Å². The van der Waals surface area contributed by atoms with Crippen LogP contribution in [0.15, 0.2) is 34.6 Å². The summed E-state index contributed by atoms with van der Waals surface area (Å²) in [6.07, 6.45) is 0.877. The molecule has 0 unspecified atom stereocenters. The van der Waals surface area contributed by atoms with Gasteiger partial charge in [-0.15, -0.1) is 11.3 Å². The summed E-state index contributed by atoms with van der Waals surface area (Å²) in [7, 11) is 1.75. The van der Waals surface area contributed by atoms with Gasteiger partial charge in [-0.2, -0.15) is 5.26 Å². The summed E-state index contributed by atoms with van der Waals surface area (Å²) >= 11 is 1.67. The molecule has 0 bridgehead atoms. The summed E-state index contributed by atoms with van der Waals surface area (Å²) in [5.41, 5.74) is 2.89. The van der Waals surface area contributed by atoms with E-state index in [0.717, 1.165) is 35.2 Å². The van der Waals surface area contributed by atoms with Crippen LogP contribution in [-0.2, 0) is 13.0 Å². The highest BCUT2D eigenvalue weighted by molar-refractivity contribution is 7.09. The average Bonchev–Trinajstić information content (AvgIpc) is 2.96. The molecule has 0 spiro atoms. The van der Waals surface area contributed by atoms with Crippen LogP contribution in [0.2, 0.25) is 0 Å². The lowest BCUT2D eigenvalue weighted by Crippen LogP contribution is -2.37. The fraction of sp³-hybridized carbons (Fsp3) is 0.312. The summed E-state index contributed by atoms with van der Waals surface area (Å²) in [6.45, 7) is 3.47. The van der Waals surface area contributed by atoms with E-state index in [9.17, 15) is 0 Å². The second-order valence-corrected chi connectivity index (χ2v) is 5.83. The molecular weight excluding hydrogens is 294 g/mol. The van der Waals surface area contributed by atoms with Crippen molar-refractivity contribution in [2.45, 2.75) is 19.9 Å². The molecule has 1 heterocycles. The zero-order valence-corrected chi connectivity index (χ0v) is 13.6. The predicted molar refractivity (Wildman–Crippen MR) is 89.9 cm³/mol. The second-order valence-electron chi connectivity index (χ2n) is 4.77. The number of nitrogens with zero attached hydrogens (tertiary/aromatic N) is 3. The van der Waals surface area contributed by atoms with Crippen molar-refractivity contribution in [3.63, 3.8) is 0 Å². The Morgan fingerprint density at radius 2 is 2.09 bits per heavy atom. The van der Waals surface area contributed by atoms with Gasteiger partial charge in [0, 0.05) is 31.9 Å². The van der Waals surface area contributed by atoms with Crippen LogP contribution in [0.25, 0.3) is 0 Å². The molecule has 0 radical (unpaired) electrons. The first-order valence-corrected chi connectivity index (χ1v) is 7.94. The molecule has 0 amide bonds. The van der Waals surface area contributed by atoms with E-state index in [4.69, 9.17) is 5.26 Å². The molecule has 0 atom stereocenters. The Hall–Kier alpha value is -2.39. The van der Waals surface area contributed by atoms with Gasteiger partial charge in [-0.3, -0.25) is 4.99 Å². The molecule has 0 saturated carbocycles. The molecule has 1 aromatic carbocycles. The summed E-state index contributed by atoms with van der Waals surface area (Å²) in [4.78, 5) is 8.63. The largest absolute Gasteiger partial charge is 0.356 e. The van der Waals surface area contributed by atoms with Gasteiger partial charge in [-0.25, -0.2) is 4.98 Å². The number of nitriles is 1. The lowest BCUT2D eigenvalue weighted by molar-refractivity contribution is 0.786. The summed E-state index contributed by atoms with van der Waals surface area (Å²) in [6, 6.07) is 9.63. The van der Waals surface area contributed by atoms with Crippen LogP contribution in [0.4, 0.5) is 0 Å². The standard InChI is InChI=1S/C16H19N5S/c1-12-21-15(11-22-12)7-8-19-16(18-2)20-10-14-5-3-13(9-17)4-6-14/h3-6,11H,7-8,10H2,1-2H3,(H2,18,19,20). The number of nitrogens with one attached hydrogen (secondary N) is 2. The highest BCUT2D eigenvalue weighted by atomic mass is 32.1. The first-order valence-electron chi connectivity index (χ1n) is 7.06. The Bertz CT molecular complexity index is 667. The molecule has 0 aliphatic heterocycles. The Morgan fingerprint density at radius 3 is 2.68 bits per heavy atom. The maximum absolute atomic E-state index is 8.78. The number of thiazole rings is 1. The molecule has 0 aliphatic rings. The van der Waals surface area contributed by atoms with Crippen molar-refractivity contribution in [1.82, 2.24) is 15.6 Å². The van der Waals surface area contributed by atoms with Crippen molar-refractivity contribution in [3.8, 4) is 6.07 Å². The van der Waals surface area contributed by atoms with E-state index in [-0.39, 0.29) is 0 Å². The monoisotopic (exact) mass is 313 g/mol. The van der Waals surface area contributed by atoms with Gasteiger partial charge >= 0.3 is 0 Å². The van der Waals surface area contributed by atoms with Crippen LogP contribution in [-0.4, -0.2) is 24.5 Å². The number of aliphatic imine (C=N–C) groups is 1. The van der Waals surface area contributed by atoms with E-state index in [2.05, 4.69) is 32.1 Å². The van der Waals surface area contributed by atoms with Gasteiger partial charge in [0.15, 0.2) is 5.96 Å². The van der Waals surface area contributed by atoms with E-state index in [1.165, 1.54) is 0 Å². The number of aryl methyl sites for hydroxylation is 1. The van der Waals surface area contributed by atoms with Crippen molar-refractivity contribution >= 4 is 17.3 Å². The number of rotatable bonds is 5. The van der Waals surface area contributed by atoms with Crippen LogP contribution in [0, 0.1) is 18.3 Å². The van der Waals surface area contributed by atoms with Gasteiger partial charge in [0.2, 0.25) is 0 Å². The molecule has 0 fully saturated rings. The Balaban J connectivity index is 1.76. The Morgan fingerprint density at radius 1 is 1.32 bits per heavy atom. The Labute approximate surface area is 134 Å². The SMILES string of the molecule is CN=C(NCCc1csc(C)n1)NCc1ccc(C#N)cc1. The summed E-state index contributed by atoms with van der Waals surface area (Å²) in [5.74, 6) is 0.760. The van der Waals surface area contributed by atoms with E-state index in [1.54, 1.807) is 18.4 Å². The van der Waals surface area contributed by atoms with Crippen molar-refractivity contribution in [1.29, 1.82) is 5.26 Å². The minimum absolute atomic E-state index is 0.668. The van der Waals surface area contributed by atoms with Crippen molar-refractivity contribution < 1.29 is 0 Å². The molecule has 0 saturated heterocycles. The Kier molecular flexibility index (Phi) is 5.92. The van der Waals surface area contributed by atoms with Crippen LogP contribution in [0.3, 0.4) is 0 Å². The molecule has 5 nitrogen and oxygen atoms in total. The molecule has 114 valence electrons. The van der Waals surface area contributed by atoms with E-state index < -0.39 is 0 Å². The molecule has 22 heavy (non-hydrogen) atoms. The smallest absolute Gasteiger partial charge is 0.191 e. The summed E-state index contributed by atoms with van der Waals surface area (Å²) in [5, 5.41) is 18.5. The molecule has 1 aromatic heterocycles. The maximum Gasteiger partial charge on any atom is 0.191 e. The number of hydrogen-bond donors (Lipinski definition) is 2. The van der Waals surface area contributed by atoms with Gasteiger partial charge in [0.25, 0.3) is 0 Å². The first kappa shape index (κ1) is 16.0. The molecule has 0 aliphatic carbocycles. The van der Waals surface area contributed by atoms with Crippen LogP contribution < -0.4 is 10.6 Å². The zero-order valence-electron chi connectivity index (χ0n) is 12.8. The van der Waals surface area contributed by atoms with Gasteiger partial charge in [-0.1, -0.05) is 12.1 Å². The van der Waals surface area contributed by atoms with Gasteiger partial charge in [-0.05, 0) is 24.6 Å². The molecule has 2 aromatic rings. The molecule has 6 heteroatoms. The second kappa shape index (κ2) is 8.15. The quantitative estimate of drug-likeness (QED) is 0.656. The first-order chi connectivity index (χ1) is 10.7. The predicted octanol–water partition coefficient (Wildman–Crippen LogP) is 2.23. The van der Waals surface area contributed by atoms with Crippen molar-refractivity contribution in [2.24, 2.45) is 4.99 Å². The highest BCUT2D eigenvalue weighted by Gasteiger charge is 2.01. The lowest BCUT2D eigenvalue weighted by Gasteiger charge is -2.11. The molecule has 2 rings (SSSR count). The number of benzene rings is 1. The third-order valence-electron chi connectivity index (χ3n) is 3.11. The summed E-state index contributed by atoms with van der Waals surface area (Å²) < 4.78 is 0. The molecule has 2 N–H and O–H groups in total. The van der Waals surface area contributed by atoms with E-state index >= 15 is 0 Å². The average molecular weight is 313 g/mol. The van der Waals surface area contributed by atoms with Crippen molar-refractivity contribution in [3.05, 3.63) is 51.5 Å². The van der Waals surface area contributed by atoms with Crippen molar-refractivity contribution in [2.75, 3.05) is 13.6 Å².